The summed E-state index contributed by atoms with van der Waals surface area (Å²) in [5, 5.41) is 14.0. The maximum atomic E-state index is 13.1. The molecule has 0 heterocycles. The molecule has 0 aromatic carbocycles. The number of carbonyl (C=O) groups excluding carboxylic acids is 9. The molecule has 272 valence electrons. The third-order valence-corrected chi connectivity index (χ3v) is 7.41. The van der Waals surface area contributed by atoms with Crippen molar-refractivity contribution >= 4 is 52.5 Å². The SMILES string of the molecule is CNC(CC(C)=O)CC(=O)NCCCCC(CC(C)=O)NC(=O)CC(CC(=O)NC(CC(C)=O)CC(C)=O)NC(=O)CC(C)CC(C)=O. The zero-order chi connectivity index (χ0) is 36.8. The third kappa shape index (κ3) is 24.4. The number of Topliss-reactive ketones (excluding diaryl/α,β-unsaturated/α-hetero) is 5. The molecule has 5 N–H and O–H groups in total. The van der Waals surface area contributed by atoms with E-state index in [1.54, 1.807) is 14.0 Å². The van der Waals surface area contributed by atoms with Crippen LogP contribution in [0.2, 0.25) is 0 Å². The van der Waals surface area contributed by atoms with E-state index in [4.69, 9.17) is 0 Å². The molecule has 0 saturated carbocycles. The number of unbranched alkanes of at least 4 members (excludes halogenated alkanes) is 1. The van der Waals surface area contributed by atoms with Gasteiger partial charge in [-0.05, 0) is 66.8 Å². The van der Waals surface area contributed by atoms with Crippen molar-refractivity contribution in [2.24, 2.45) is 5.92 Å². The molecule has 0 aliphatic rings. The summed E-state index contributed by atoms with van der Waals surface area (Å²) >= 11 is 0. The summed E-state index contributed by atoms with van der Waals surface area (Å²) in [6.45, 7) is 9.13. The number of hydrogen-bond acceptors (Lipinski definition) is 10. The average molecular weight is 680 g/mol. The Hall–Kier alpha value is -3.81. The van der Waals surface area contributed by atoms with Gasteiger partial charge in [0.2, 0.25) is 23.6 Å². The second-order valence-electron chi connectivity index (χ2n) is 13.1. The van der Waals surface area contributed by atoms with Crippen LogP contribution in [0, 0.1) is 5.92 Å². The molecule has 0 rings (SSSR count). The van der Waals surface area contributed by atoms with Crippen molar-refractivity contribution in [3.63, 3.8) is 0 Å². The van der Waals surface area contributed by atoms with Gasteiger partial charge in [0.1, 0.15) is 28.9 Å². The van der Waals surface area contributed by atoms with Crippen LogP contribution in [0.4, 0.5) is 0 Å². The Morgan fingerprint density at radius 2 is 0.812 bits per heavy atom. The average Bonchev–Trinajstić information content (AvgIpc) is 2.90. The molecule has 0 radical (unpaired) electrons. The largest absolute Gasteiger partial charge is 0.356 e. The number of rotatable bonds is 27. The summed E-state index contributed by atoms with van der Waals surface area (Å²) in [5.74, 6) is -2.57. The molecule has 0 aliphatic heterocycles. The minimum atomic E-state index is -0.935. The number of amides is 4. The van der Waals surface area contributed by atoms with Crippen molar-refractivity contribution in [3.05, 3.63) is 0 Å². The molecular formula is C34H57N5O9. The van der Waals surface area contributed by atoms with Gasteiger partial charge >= 0.3 is 0 Å². The predicted molar refractivity (Wildman–Crippen MR) is 180 cm³/mol. The molecule has 0 saturated heterocycles. The third-order valence-electron chi connectivity index (χ3n) is 7.41. The summed E-state index contributed by atoms with van der Waals surface area (Å²) in [6, 6.07) is -2.41. The van der Waals surface area contributed by atoms with Crippen molar-refractivity contribution in [2.45, 2.75) is 143 Å². The molecule has 0 fully saturated rings. The van der Waals surface area contributed by atoms with E-state index in [-0.39, 0.29) is 105 Å². The van der Waals surface area contributed by atoms with E-state index >= 15 is 0 Å². The van der Waals surface area contributed by atoms with Crippen molar-refractivity contribution < 1.29 is 43.2 Å². The minimum Gasteiger partial charge on any atom is -0.356 e. The maximum Gasteiger partial charge on any atom is 0.222 e. The fourth-order valence-electron chi connectivity index (χ4n) is 5.46. The smallest absolute Gasteiger partial charge is 0.222 e. The summed E-state index contributed by atoms with van der Waals surface area (Å²) < 4.78 is 0. The van der Waals surface area contributed by atoms with Crippen molar-refractivity contribution in [2.75, 3.05) is 13.6 Å². The normalized spacial score (nSPS) is 13.4. The lowest BCUT2D eigenvalue weighted by Crippen LogP contribution is -2.46. The first-order valence-corrected chi connectivity index (χ1v) is 16.7. The number of ketones is 5. The van der Waals surface area contributed by atoms with Crippen LogP contribution in [0.15, 0.2) is 0 Å². The van der Waals surface area contributed by atoms with Gasteiger partial charge < -0.3 is 31.4 Å². The first kappa shape index (κ1) is 44.2. The topological polar surface area (TPSA) is 214 Å². The van der Waals surface area contributed by atoms with Gasteiger partial charge in [0.05, 0.1) is 0 Å². The molecule has 14 nitrogen and oxygen atoms in total. The van der Waals surface area contributed by atoms with Crippen LogP contribution in [-0.2, 0) is 43.2 Å². The van der Waals surface area contributed by atoms with E-state index in [9.17, 15) is 43.2 Å². The Morgan fingerprint density at radius 1 is 0.438 bits per heavy atom. The van der Waals surface area contributed by atoms with Gasteiger partial charge in [-0.15, -0.1) is 0 Å². The molecule has 0 aromatic rings. The number of carbonyl (C=O) groups is 9. The van der Waals surface area contributed by atoms with Gasteiger partial charge in [-0.25, -0.2) is 0 Å². The van der Waals surface area contributed by atoms with E-state index in [0.717, 1.165) is 0 Å². The number of nitrogens with one attached hydrogen (secondary N) is 5. The lowest BCUT2D eigenvalue weighted by atomic mass is 10.00. The van der Waals surface area contributed by atoms with Crippen LogP contribution in [0.5, 0.6) is 0 Å². The highest BCUT2D eigenvalue weighted by Gasteiger charge is 2.25. The van der Waals surface area contributed by atoms with Crippen LogP contribution in [-0.4, -0.2) is 90.3 Å². The first-order valence-electron chi connectivity index (χ1n) is 16.7. The Balaban J connectivity index is 5.37. The van der Waals surface area contributed by atoms with Gasteiger partial charge in [-0.2, -0.15) is 0 Å². The molecule has 0 aliphatic carbocycles. The second kappa shape index (κ2) is 24.3. The van der Waals surface area contributed by atoms with Gasteiger partial charge in [-0.3, -0.25) is 38.4 Å². The predicted octanol–water partition coefficient (Wildman–Crippen LogP) is 1.41. The highest BCUT2D eigenvalue weighted by Crippen LogP contribution is 2.11. The number of hydrogen-bond donors (Lipinski definition) is 5. The van der Waals surface area contributed by atoms with E-state index in [2.05, 4.69) is 26.6 Å². The summed E-state index contributed by atoms with van der Waals surface area (Å²) in [5.41, 5.74) is 0. The van der Waals surface area contributed by atoms with E-state index < -0.39 is 35.8 Å². The monoisotopic (exact) mass is 679 g/mol. The standard InChI is InChI=1S/C34H57N5O9/c1-21(12-22(2)40)13-32(46)39-30(20-34(48)38-29(16-25(5)43)17-26(6)44)19-33(47)37-27(14-23(3)41)10-8-9-11-36-31(45)18-28(35-7)15-24(4)42/h21,27-30,35H,8-20H2,1-7H3,(H,36,45)(H,37,47)(H,38,48)(H,39,46). The molecule has 4 amide bonds. The van der Waals surface area contributed by atoms with Crippen molar-refractivity contribution in [3.8, 4) is 0 Å². The Morgan fingerprint density at radius 3 is 1.27 bits per heavy atom. The molecule has 0 bridgehead atoms. The molecule has 48 heavy (non-hydrogen) atoms. The summed E-state index contributed by atoms with van der Waals surface area (Å²) in [7, 11) is 1.69. The van der Waals surface area contributed by atoms with Crippen LogP contribution in [0.1, 0.15) is 119 Å². The van der Waals surface area contributed by atoms with E-state index in [0.29, 0.717) is 25.8 Å². The van der Waals surface area contributed by atoms with Crippen LogP contribution < -0.4 is 26.6 Å². The zero-order valence-electron chi connectivity index (χ0n) is 29.8. The Labute approximate surface area is 284 Å². The Bertz CT molecular complexity index is 1120. The molecular weight excluding hydrogens is 622 g/mol. The van der Waals surface area contributed by atoms with Crippen LogP contribution in [0.3, 0.4) is 0 Å². The Kier molecular flexibility index (Phi) is 22.4. The van der Waals surface area contributed by atoms with Crippen LogP contribution >= 0.6 is 0 Å². The van der Waals surface area contributed by atoms with Gasteiger partial charge in [0.25, 0.3) is 0 Å². The van der Waals surface area contributed by atoms with Gasteiger partial charge in [-0.1, -0.05) is 6.92 Å². The fraction of sp³-hybridized carbons (Fsp3) is 0.735. The lowest BCUT2D eigenvalue weighted by Gasteiger charge is -2.23. The quantitative estimate of drug-likeness (QED) is 0.0787. The lowest BCUT2D eigenvalue weighted by molar-refractivity contribution is -0.126. The van der Waals surface area contributed by atoms with Gasteiger partial charge in [0.15, 0.2) is 0 Å². The molecule has 4 atom stereocenters. The maximum absolute atomic E-state index is 13.1. The summed E-state index contributed by atoms with van der Waals surface area (Å²) in [4.78, 5) is 109. The fourth-order valence-corrected chi connectivity index (χ4v) is 5.46. The molecule has 14 heteroatoms. The molecule has 0 spiro atoms. The van der Waals surface area contributed by atoms with Crippen molar-refractivity contribution in [1.82, 2.24) is 26.6 Å². The first-order chi connectivity index (χ1) is 22.4. The summed E-state index contributed by atoms with van der Waals surface area (Å²) in [6.07, 6.45) is 1.66. The molecule has 0 aromatic heterocycles. The van der Waals surface area contributed by atoms with E-state index in [1.165, 1.54) is 34.6 Å². The van der Waals surface area contributed by atoms with Crippen LogP contribution in [0.25, 0.3) is 0 Å². The zero-order valence-corrected chi connectivity index (χ0v) is 29.8. The minimum absolute atomic E-state index is 0.00641. The van der Waals surface area contributed by atoms with Gasteiger partial charge in [0, 0.05) is 88.5 Å². The highest BCUT2D eigenvalue weighted by atomic mass is 16.2. The second-order valence-corrected chi connectivity index (χ2v) is 13.1. The molecule has 4 unspecified atom stereocenters. The van der Waals surface area contributed by atoms with E-state index in [1.807, 2.05) is 0 Å². The highest BCUT2D eigenvalue weighted by molar-refractivity contribution is 5.86. The van der Waals surface area contributed by atoms with Crippen molar-refractivity contribution in [1.29, 1.82) is 0 Å².